The predicted octanol–water partition coefficient (Wildman–Crippen LogP) is 4.25. The van der Waals surface area contributed by atoms with Crippen molar-refractivity contribution in [2.24, 2.45) is 0 Å². The zero-order chi connectivity index (χ0) is 24.0. The molecule has 1 amide bonds. The smallest absolute Gasteiger partial charge is 0.390 e. The van der Waals surface area contributed by atoms with Crippen LogP contribution in [0, 0.1) is 0 Å². The summed E-state index contributed by atoms with van der Waals surface area (Å²) in [7, 11) is 0. The quantitative estimate of drug-likeness (QED) is 0.594. The number of hydrogen-bond donors (Lipinski definition) is 3. The Kier molecular flexibility index (Phi) is 5.76. The molecular weight excluding hydrogens is 435 g/mol. The fourth-order valence-electron chi connectivity index (χ4n) is 3.80. The zero-order valence-electron chi connectivity index (χ0n) is 18.9. The first-order chi connectivity index (χ1) is 15.3. The minimum absolute atomic E-state index is 0.0582. The SMILES string of the molecule is CC(C)(O)CC(=O)N1CCc2cc(Nc3ncc(C(F)(F)F)c(NC4(C)CC4)n3)ccc2C1. The van der Waals surface area contributed by atoms with E-state index in [9.17, 15) is 23.1 Å². The Balaban J connectivity index is 1.49. The summed E-state index contributed by atoms with van der Waals surface area (Å²) in [5.41, 5.74) is 0.385. The van der Waals surface area contributed by atoms with Gasteiger partial charge in [-0.2, -0.15) is 18.2 Å². The van der Waals surface area contributed by atoms with Crippen LogP contribution < -0.4 is 10.6 Å². The lowest BCUT2D eigenvalue weighted by atomic mass is 9.97. The fraction of sp³-hybridized carbons (Fsp3) is 0.522. The monoisotopic (exact) mass is 463 g/mol. The molecule has 2 aromatic rings. The summed E-state index contributed by atoms with van der Waals surface area (Å²) in [6.07, 6.45) is -1.47. The van der Waals surface area contributed by atoms with Gasteiger partial charge in [0.15, 0.2) is 0 Å². The Morgan fingerprint density at radius 1 is 1.24 bits per heavy atom. The summed E-state index contributed by atoms with van der Waals surface area (Å²) >= 11 is 0. The minimum atomic E-state index is -4.55. The lowest BCUT2D eigenvalue weighted by Crippen LogP contribution is -2.39. The van der Waals surface area contributed by atoms with Crippen LogP contribution >= 0.6 is 0 Å². The summed E-state index contributed by atoms with van der Waals surface area (Å²) in [6.45, 7) is 6.07. The highest BCUT2D eigenvalue weighted by molar-refractivity contribution is 5.77. The molecule has 1 aliphatic carbocycles. The average molecular weight is 464 g/mol. The lowest BCUT2D eigenvalue weighted by molar-refractivity contribution is -0.137. The van der Waals surface area contributed by atoms with Crippen molar-refractivity contribution in [2.75, 3.05) is 17.2 Å². The molecule has 4 rings (SSSR count). The van der Waals surface area contributed by atoms with E-state index in [-0.39, 0.29) is 29.6 Å². The highest BCUT2D eigenvalue weighted by Crippen LogP contribution is 2.41. The molecule has 1 aromatic carbocycles. The van der Waals surface area contributed by atoms with Gasteiger partial charge in [-0.25, -0.2) is 4.98 Å². The molecule has 1 aliphatic heterocycles. The van der Waals surface area contributed by atoms with E-state index in [1.807, 2.05) is 19.1 Å². The van der Waals surface area contributed by atoms with E-state index in [1.165, 1.54) is 0 Å². The number of rotatable bonds is 6. The molecule has 10 heteroatoms. The predicted molar refractivity (Wildman–Crippen MR) is 118 cm³/mol. The molecule has 178 valence electrons. The molecule has 33 heavy (non-hydrogen) atoms. The third-order valence-electron chi connectivity index (χ3n) is 5.93. The Bertz CT molecular complexity index is 1060. The summed E-state index contributed by atoms with van der Waals surface area (Å²) in [5.74, 6) is -0.246. The zero-order valence-corrected chi connectivity index (χ0v) is 18.9. The molecule has 0 atom stereocenters. The molecule has 2 aliphatic rings. The van der Waals surface area contributed by atoms with Gasteiger partial charge in [0.05, 0.1) is 12.0 Å². The number of halogens is 3. The Morgan fingerprint density at radius 2 is 1.97 bits per heavy atom. The number of carbonyl (C=O) groups excluding carboxylic acids is 1. The van der Waals surface area contributed by atoms with Crippen molar-refractivity contribution >= 4 is 23.4 Å². The van der Waals surface area contributed by atoms with Gasteiger partial charge in [0.1, 0.15) is 11.4 Å². The topological polar surface area (TPSA) is 90.4 Å². The largest absolute Gasteiger partial charge is 0.421 e. The molecule has 0 spiro atoms. The van der Waals surface area contributed by atoms with Crippen LogP contribution in [-0.2, 0) is 23.9 Å². The number of nitrogens with one attached hydrogen (secondary N) is 2. The van der Waals surface area contributed by atoms with E-state index in [0.717, 1.165) is 30.2 Å². The average Bonchev–Trinajstić information content (AvgIpc) is 3.42. The van der Waals surface area contributed by atoms with Crippen molar-refractivity contribution < 1.29 is 23.1 Å². The van der Waals surface area contributed by atoms with Gasteiger partial charge in [-0.05, 0) is 63.3 Å². The molecule has 1 saturated carbocycles. The van der Waals surface area contributed by atoms with E-state index < -0.39 is 17.3 Å². The first-order valence-corrected chi connectivity index (χ1v) is 10.9. The standard InChI is InChI=1S/C23H28F3N5O2/c1-21(2,33)11-18(32)31-9-6-14-10-16(5-4-15(14)13-31)28-20-27-12-17(23(24,25)26)19(29-20)30-22(3)7-8-22/h4-5,10,12,33H,6-9,11,13H2,1-3H3,(H2,27,28,29,30). The summed E-state index contributed by atoms with van der Waals surface area (Å²) in [6, 6.07) is 5.58. The van der Waals surface area contributed by atoms with Crippen molar-refractivity contribution in [2.45, 2.75) is 70.3 Å². The molecule has 0 radical (unpaired) electrons. The van der Waals surface area contributed by atoms with Crippen molar-refractivity contribution in [3.05, 3.63) is 41.1 Å². The third kappa shape index (κ3) is 5.73. The van der Waals surface area contributed by atoms with Gasteiger partial charge in [-0.3, -0.25) is 4.79 Å². The number of hydrogen-bond acceptors (Lipinski definition) is 6. The minimum Gasteiger partial charge on any atom is -0.390 e. The normalized spacial score (nSPS) is 17.4. The first-order valence-electron chi connectivity index (χ1n) is 10.9. The highest BCUT2D eigenvalue weighted by atomic mass is 19.4. The van der Waals surface area contributed by atoms with Crippen molar-refractivity contribution in [3.63, 3.8) is 0 Å². The van der Waals surface area contributed by atoms with E-state index in [1.54, 1.807) is 24.8 Å². The van der Waals surface area contributed by atoms with Crippen LogP contribution in [0.3, 0.4) is 0 Å². The lowest BCUT2D eigenvalue weighted by Gasteiger charge is -2.31. The third-order valence-corrected chi connectivity index (χ3v) is 5.93. The Morgan fingerprint density at radius 3 is 2.61 bits per heavy atom. The van der Waals surface area contributed by atoms with Gasteiger partial charge in [0, 0.05) is 30.5 Å². The van der Waals surface area contributed by atoms with E-state index in [0.29, 0.717) is 25.2 Å². The van der Waals surface area contributed by atoms with Gasteiger partial charge in [0.2, 0.25) is 11.9 Å². The molecular formula is C23H28F3N5O2. The molecule has 1 fully saturated rings. The van der Waals surface area contributed by atoms with E-state index in [2.05, 4.69) is 20.6 Å². The van der Waals surface area contributed by atoms with Crippen LogP contribution in [0.4, 0.5) is 30.6 Å². The number of aromatic nitrogens is 2. The molecule has 2 heterocycles. The van der Waals surface area contributed by atoms with Crippen LogP contribution in [0.15, 0.2) is 24.4 Å². The summed E-state index contributed by atoms with van der Waals surface area (Å²) < 4.78 is 40.2. The first kappa shape index (κ1) is 23.3. The number of aliphatic hydroxyl groups is 1. The number of anilines is 3. The molecule has 0 saturated heterocycles. The number of fused-ring (bicyclic) bond motifs is 1. The van der Waals surface area contributed by atoms with E-state index >= 15 is 0 Å². The number of carbonyl (C=O) groups is 1. The van der Waals surface area contributed by atoms with Crippen LogP contribution in [0.1, 0.15) is 56.7 Å². The second-order valence-electron chi connectivity index (χ2n) is 9.80. The summed E-state index contributed by atoms with van der Waals surface area (Å²) in [5, 5.41) is 15.8. The second-order valence-corrected chi connectivity index (χ2v) is 9.80. The maximum atomic E-state index is 13.4. The number of alkyl halides is 3. The van der Waals surface area contributed by atoms with Crippen molar-refractivity contribution in [1.82, 2.24) is 14.9 Å². The fourth-order valence-corrected chi connectivity index (χ4v) is 3.80. The molecule has 7 nitrogen and oxygen atoms in total. The summed E-state index contributed by atoms with van der Waals surface area (Å²) in [4.78, 5) is 22.1. The molecule has 0 bridgehead atoms. The Hall–Kier alpha value is -2.88. The van der Waals surface area contributed by atoms with E-state index in [4.69, 9.17) is 0 Å². The van der Waals surface area contributed by atoms with Crippen molar-refractivity contribution in [3.8, 4) is 0 Å². The van der Waals surface area contributed by atoms with Gasteiger partial charge in [-0.15, -0.1) is 0 Å². The van der Waals surface area contributed by atoms with Crippen LogP contribution in [-0.4, -0.2) is 43.6 Å². The number of amides is 1. The number of nitrogens with zero attached hydrogens (tertiary/aromatic N) is 3. The van der Waals surface area contributed by atoms with Gasteiger partial charge < -0.3 is 20.6 Å². The molecule has 1 aromatic heterocycles. The maximum absolute atomic E-state index is 13.4. The van der Waals surface area contributed by atoms with Crippen LogP contribution in [0.25, 0.3) is 0 Å². The van der Waals surface area contributed by atoms with Crippen LogP contribution in [0.5, 0.6) is 0 Å². The van der Waals surface area contributed by atoms with Gasteiger partial charge >= 0.3 is 6.18 Å². The highest BCUT2D eigenvalue weighted by Gasteiger charge is 2.42. The number of benzene rings is 1. The van der Waals surface area contributed by atoms with Crippen LogP contribution in [0.2, 0.25) is 0 Å². The van der Waals surface area contributed by atoms with Gasteiger partial charge in [-0.1, -0.05) is 6.07 Å². The Labute approximate surface area is 190 Å². The maximum Gasteiger partial charge on any atom is 0.421 e. The molecule has 3 N–H and O–H groups in total. The van der Waals surface area contributed by atoms with Gasteiger partial charge in [0.25, 0.3) is 0 Å². The molecule has 0 unspecified atom stereocenters. The van der Waals surface area contributed by atoms with Crippen molar-refractivity contribution in [1.29, 1.82) is 0 Å². The second kappa shape index (κ2) is 8.16.